The molecule has 1 aromatic carbocycles. The summed E-state index contributed by atoms with van der Waals surface area (Å²) in [7, 11) is -0.301. The van der Waals surface area contributed by atoms with Gasteiger partial charge >= 0.3 is 0 Å². The Labute approximate surface area is 125 Å². The Hall–Kier alpha value is -1.70. The second kappa shape index (κ2) is 6.38. The molecule has 0 aliphatic heterocycles. The Morgan fingerprint density at radius 2 is 1.81 bits per heavy atom. The molecule has 0 heterocycles. The molecular formula is C14H21N2O4S+. The van der Waals surface area contributed by atoms with Crippen LogP contribution in [0.1, 0.15) is 6.92 Å². The van der Waals surface area contributed by atoms with Gasteiger partial charge in [-0.3, -0.25) is 13.8 Å². The van der Waals surface area contributed by atoms with Gasteiger partial charge in [0.2, 0.25) is 0 Å². The van der Waals surface area contributed by atoms with Gasteiger partial charge in [-0.1, -0.05) is 6.58 Å². The van der Waals surface area contributed by atoms with Crippen LogP contribution in [0.25, 0.3) is 0 Å². The first kappa shape index (κ1) is 17.4. The number of carbonyl (C=O) groups is 1. The number of hydrogen-bond acceptors (Lipinski definition) is 3. The number of rotatable bonds is 6. The van der Waals surface area contributed by atoms with Crippen LogP contribution < -0.4 is 9.80 Å². The molecule has 0 aliphatic carbocycles. The second-order valence-corrected chi connectivity index (χ2v) is 7.05. The highest BCUT2D eigenvalue weighted by molar-refractivity contribution is 7.85. The summed E-state index contributed by atoms with van der Waals surface area (Å²) in [5, 5.41) is 2.69. The molecule has 1 aromatic rings. The van der Waals surface area contributed by atoms with E-state index in [1.807, 2.05) is 14.1 Å². The SMILES string of the molecule is C=C(C)C(=O)Nc1ccc([N+](C)(C)CCS(=O)(=O)O)cc1. The first-order valence-corrected chi connectivity index (χ1v) is 7.98. The number of benzene rings is 1. The molecule has 2 N–H and O–H groups in total. The third kappa shape index (κ3) is 5.66. The van der Waals surface area contributed by atoms with Gasteiger partial charge in [-0.15, -0.1) is 0 Å². The van der Waals surface area contributed by atoms with E-state index in [2.05, 4.69) is 11.9 Å². The molecule has 0 aromatic heterocycles. The third-order valence-corrected chi connectivity index (χ3v) is 3.82. The van der Waals surface area contributed by atoms with Crippen molar-refractivity contribution in [3.8, 4) is 0 Å². The molecule has 0 spiro atoms. The fourth-order valence-corrected chi connectivity index (χ4v) is 2.35. The van der Waals surface area contributed by atoms with E-state index >= 15 is 0 Å². The lowest BCUT2D eigenvalue weighted by atomic mass is 10.2. The van der Waals surface area contributed by atoms with Crippen molar-refractivity contribution in [3.05, 3.63) is 36.4 Å². The maximum atomic E-state index is 11.5. The molecule has 0 unspecified atom stereocenters. The quantitative estimate of drug-likeness (QED) is 0.475. The van der Waals surface area contributed by atoms with Gasteiger partial charge in [0.1, 0.15) is 11.4 Å². The van der Waals surface area contributed by atoms with Crippen molar-refractivity contribution in [2.75, 3.05) is 31.7 Å². The molecule has 116 valence electrons. The van der Waals surface area contributed by atoms with Crippen molar-refractivity contribution in [2.24, 2.45) is 0 Å². The average molecular weight is 313 g/mol. The number of nitrogens with zero attached hydrogens (tertiary/aromatic N) is 1. The molecule has 1 amide bonds. The summed E-state index contributed by atoms with van der Waals surface area (Å²) in [4.78, 5) is 11.5. The van der Waals surface area contributed by atoms with Gasteiger partial charge in [-0.2, -0.15) is 8.42 Å². The van der Waals surface area contributed by atoms with Crippen molar-refractivity contribution >= 4 is 27.4 Å². The third-order valence-electron chi connectivity index (χ3n) is 3.12. The lowest BCUT2D eigenvalue weighted by molar-refractivity contribution is -0.112. The van der Waals surface area contributed by atoms with Gasteiger partial charge in [0.15, 0.2) is 0 Å². The van der Waals surface area contributed by atoms with E-state index in [0.29, 0.717) is 15.7 Å². The van der Waals surface area contributed by atoms with Gasteiger partial charge in [0.05, 0.1) is 20.6 Å². The van der Waals surface area contributed by atoms with Crippen molar-refractivity contribution in [1.82, 2.24) is 4.48 Å². The molecule has 0 atom stereocenters. The summed E-state index contributed by atoms with van der Waals surface area (Å²) in [6, 6.07) is 7.09. The molecule has 0 radical (unpaired) electrons. The molecule has 0 aliphatic rings. The lowest BCUT2D eigenvalue weighted by Crippen LogP contribution is -2.44. The summed E-state index contributed by atoms with van der Waals surface area (Å²) in [6.45, 7) is 5.43. The standard InChI is InChI=1S/C14H20N2O4S/c1-11(2)14(17)15-12-5-7-13(8-6-12)16(3,4)9-10-21(18,19)20/h5-8H,1,9-10H2,2-4H3,(H-,15,17,18,19,20)/p+1. The van der Waals surface area contributed by atoms with Crippen LogP contribution >= 0.6 is 0 Å². The van der Waals surface area contributed by atoms with E-state index in [4.69, 9.17) is 4.55 Å². The highest BCUT2D eigenvalue weighted by Crippen LogP contribution is 2.21. The monoisotopic (exact) mass is 313 g/mol. The molecule has 0 bridgehead atoms. The van der Waals surface area contributed by atoms with Gasteiger partial charge in [-0.05, 0) is 19.1 Å². The van der Waals surface area contributed by atoms with Crippen LogP contribution in [0.2, 0.25) is 0 Å². The summed E-state index contributed by atoms with van der Waals surface area (Å²) in [6.07, 6.45) is 0. The predicted octanol–water partition coefficient (Wildman–Crippen LogP) is 1.66. The van der Waals surface area contributed by atoms with Gasteiger partial charge in [0, 0.05) is 23.4 Å². The number of amides is 1. The van der Waals surface area contributed by atoms with Gasteiger partial charge < -0.3 is 5.32 Å². The lowest BCUT2D eigenvalue weighted by Gasteiger charge is -2.28. The van der Waals surface area contributed by atoms with Crippen LogP contribution in [0.5, 0.6) is 0 Å². The molecule has 0 saturated heterocycles. The zero-order valence-electron chi connectivity index (χ0n) is 12.5. The summed E-state index contributed by atoms with van der Waals surface area (Å²) in [5.41, 5.74) is 1.93. The summed E-state index contributed by atoms with van der Waals surface area (Å²) >= 11 is 0. The maximum absolute atomic E-state index is 11.5. The summed E-state index contributed by atoms with van der Waals surface area (Å²) < 4.78 is 30.8. The van der Waals surface area contributed by atoms with Crippen LogP contribution in [-0.2, 0) is 14.9 Å². The molecule has 0 fully saturated rings. The Balaban J connectivity index is 2.81. The van der Waals surface area contributed by atoms with Crippen molar-refractivity contribution in [3.63, 3.8) is 0 Å². The smallest absolute Gasteiger partial charge is 0.270 e. The first-order valence-electron chi connectivity index (χ1n) is 6.37. The van der Waals surface area contributed by atoms with E-state index < -0.39 is 10.1 Å². The molecule has 6 nitrogen and oxygen atoms in total. The van der Waals surface area contributed by atoms with E-state index in [-0.39, 0.29) is 18.2 Å². The van der Waals surface area contributed by atoms with Gasteiger partial charge in [-0.25, -0.2) is 0 Å². The molecule has 1 rings (SSSR count). The minimum absolute atomic E-state index is 0.246. The first-order chi connectivity index (χ1) is 9.51. The normalized spacial score (nSPS) is 12.0. The molecular weight excluding hydrogens is 292 g/mol. The zero-order valence-corrected chi connectivity index (χ0v) is 13.3. The summed E-state index contributed by atoms with van der Waals surface area (Å²) in [5.74, 6) is -0.559. The van der Waals surface area contributed by atoms with Crippen LogP contribution in [-0.4, -0.2) is 45.3 Å². The van der Waals surface area contributed by atoms with Crippen LogP contribution in [0, 0.1) is 0 Å². The molecule has 21 heavy (non-hydrogen) atoms. The van der Waals surface area contributed by atoms with E-state index in [9.17, 15) is 13.2 Å². The van der Waals surface area contributed by atoms with E-state index in [1.165, 1.54) is 0 Å². The maximum Gasteiger partial charge on any atom is 0.270 e. The Morgan fingerprint density at radius 1 is 1.29 bits per heavy atom. The number of anilines is 1. The topological polar surface area (TPSA) is 83.5 Å². The van der Waals surface area contributed by atoms with Crippen molar-refractivity contribution < 1.29 is 17.8 Å². The number of quaternary nitrogens is 1. The molecule has 0 saturated carbocycles. The van der Waals surface area contributed by atoms with E-state index in [1.54, 1.807) is 31.2 Å². The number of carbonyl (C=O) groups excluding carboxylic acids is 1. The Bertz CT molecular complexity index is 633. The fourth-order valence-electron chi connectivity index (χ4n) is 1.66. The van der Waals surface area contributed by atoms with E-state index in [0.717, 1.165) is 5.69 Å². The highest BCUT2D eigenvalue weighted by atomic mass is 32.2. The minimum Gasteiger partial charge on any atom is -0.322 e. The molecule has 7 heteroatoms. The number of hydrogen-bond donors (Lipinski definition) is 2. The van der Waals surface area contributed by atoms with Crippen molar-refractivity contribution in [1.29, 1.82) is 0 Å². The van der Waals surface area contributed by atoms with Crippen LogP contribution in [0.3, 0.4) is 0 Å². The van der Waals surface area contributed by atoms with Gasteiger partial charge in [0.25, 0.3) is 16.0 Å². The van der Waals surface area contributed by atoms with Crippen LogP contribution in [0.15, 0.2) is 36.4 Å². The predicted molar refractivity (Wildman–Crippen MR) is 84.8 cm³/mol. The Kier molecular flexibility index (Phi) is 5.27. The highest BCUT2D eigenvalue weighted by Gasteiger charge is 2.22. The number of nitrogens with one attached hydrogen (secondary N) is 1. The second-order valence-electron chi connectivity index (χ2n) is 5.48. The average Bonchev–Trinajstić information content (AvgIpc) is 2.36. The largest absolute Gasteiger partial charge is 0.322 e. The zero-order chi connectivity index (χ0) is 16.3. The Morgan fingerprint density at radius 3 is 2.24 bits per heavy atom. The minimum atomic E-state index is -3.98. The van der Waals surface area contributed by atoms with Crippen LogP contribution in [0.4, 0.5) is 11.4 Å². The fraction of sp³-hybridized carbons (Fsp3) is 0.357. The van der Waals surface area contributed by atoms with Crippen molar-refractivity contribution in [2.45, 2.75) is 6.92 Å².